The minimum absolute atomic E-state index is 0.965. The number of unbranched alkanes of at least 4 members (excludes halogenated alkanes) is 1. The molecule has 0 N–H and O–H groups in total. The van der Waals surface area contributed by atoms with Crippen LogP contribution in [0.25, 0.3) is 45.1 Å². The first-order chi connectivity index (χ1) is 13.8. The highest BCUT2D eigenvalue weighted by molar-refractivity contribution is 6.19. The molecular weight excluding hydrogens is 342 g/mol. The topological polar surface area (TPSA) is 18.1 Å². The summed E-state index contributed by atoms with van der Waals surface area (Å²) in [5.74, 6) is 0. The van der Waals surface area contributed by atoms with Crippen molar-refractivity contribution in [1.29, 1.82) is 0 Å². The second kappa shape index (κ2) is 7.05. The average Bonchev–Trinajstić information content (AvgIpc) is 3.26. The second-order valence-electron chi connectivity index (χ2n) is 7.30. The molecule has 0 radical (unpaired) electrons. The number of aryl methyl sites for hydroxylation is 1. The van der Waals surface area contributed by atoms with Gasteiger partial charge in [-0.05, 0) is 29.7 Å². The van der Waals surface area contributed by atoms with Gasteiger partial charge < -0.3 is 8.98 Å². The first kappa shape index (κ1) is 16.9. The van der Waals surface area contributed by atoms with Gasteiger partial charge in [0.05, 0.1) is 10.9 Å². The molecule has 0 saturated carbocycles. The van der Waals surface area contributed by atoms with Gasteiger partial charge in [0.2, 0.25) is 5.71 Å². The van der Waals surface area contributed by atoms with Crippen molar-refractivity contribution in [3.05, 3.63) is 83.9 Å². The number of rotatable bonds is 5. The molecule has 138 valence electrons. The van der Waals surface area contributed by atoms with Gasteiger partial charge >= 0.3 is 0 Å². The SMILES string of the molecule is CCCCn1c2cc(/C=C/c3ccccc3)ccc2c2c3ccccc3oc21. The van der Waals surface area contributed by atoms with Crippen LogP contribution >= 0.6 is 0 Å². The van der Waals surface area contributed by atoms with E-state index in [2.05, 4.69) is 84.3 Å². The molecule has 0 amide bonds. The number of aromatic nitrogens is 1. The van der Waals surface area contributed by atoms with Crippen LogP contribution in [0.1, 0.15) is 30.9 Å². The number of hydrogen-bond acceptors (Lipinski definition) is 1. The first-order valence-electron chi connectivity index (χ1n) is 10.0. The van der Waals surface area contributed by atoms with Crippen molar-refractivity contribution < 1.29 is 4.42 Å². The molecule has 2 heteroatoms. The lowest BCUT2D eigenvalue weighted by Gasteiger charge is -2.05. The maximum atomic E-state index is 6.28. The van der Waals surface area contributed by atoms with Crippen LogP contribution in [0.3, 0.4) is 0 Å². The molecule has 0 fully saturated rings. The normalized spacial score (nSPS) is 12.0. The second-order valence-corrected chi connectivity index (χ2v) is 7.30. The van der Waals surface area contributed by atoms with Gasteiger partial charge in [-0.1, -0.05) is 86.2 Å². The van der Waals surface area contributed by atoms with Gasteiger partial charge in [-0.3, -0.25) is 0 Å². The number of para-hydroxylation sites is 1. The quantitative estimate of drug-likeness (QED) is 0.295. The van der Waals surface area contributed by atoms with Crippen LogP contribution < -0.4 is 0 Å². The Balaban J connectivity index is 1.69. The highest BCUT2D eigenvalue weighted by Gasteiger charge is 2.17. The zero-order valence-electron chi connectivity index (χ0n) is 16.1. The van der Waals surface area contributed by atoms with Gasteiger partial charge in [-0.2, -0.15) is 0 Å². The molecule has 2 heterocycles. The minimum atomic E-state index is 0.965. The van der Waals surface area contributed by atoms with Crippen LogP contribution in [0.5, 0.6) is 0 Å². The standard InChI is InChI=1S/C26H23NO/c1-2-3-17-27-23-18-20(14-13-19-9-5-4-6-10-19)15-16-21(23)25-22-11-7-8-12-24(22)28-26(25)27/h4-16,18H,2-3,17H2,1H3/b14-13+. The van der Waals surface area contributed by atoms with Gasteiger partial charge in [0.15, 0.2) is 0 Å². The van der Waals surface area contributed by atoms with Crippen molar-refractivity contribution >= 4 is 45.1 Å². The molecule has 0 aliphatic rings. The Kier molecular flexibility index (Phi) is 4.25. The Bertz CT molecular complexity index is 1290. The van der Waals surface area contributed by atoms with Crippen LogP contribution in [0.2, 0.25) is 0 Å². The van der Waals surface area contributed by atoms with Crippen molar-refractivity contribution in [3.8, 4) is 0 Å². The van der Waals surface area contributed by atoms with Gasteiger partial charge in [0.1, 0.15) is 5.58 Å². The zero-order chi connectivity index (χ0) is 18.9. The zero-order valence-corrected chi connectivity index (χ0v) is 16.1. The van der Waals surface area contributed by atoms with E-state index in [-0.39, 0.29) is 0 Å². The van der Waals surface area contributed by atoms with E-state index in [1.165, 1.54) is 32.8 Å². The van der Waals surface area contributed by atoms with Crippen molar-refractivity contribution in [3.63, 3.8) is 0 Å². The number of benzene rings is 3. The summed E-state index contributed by atoms with van der Waals surface area (Å²) in [6, 6.07) is 25.5. The third-order valence-electron chi connectivity index (χ3n) is 5.41. The Hall–Kier alpha value is -3.26. The third kappa shape index (κ3) is 2.82. The molecule has 3 aromatic carbocycles. The molecule has 0 saturated heterocycles. The Morgan fingerprint density at radius 2 is 1.61 bits per heavy atom. The van der Waals surface area contributed by atoms with Crippen LogP contribution in [0.4, 0.5) is 0 Å². The maximum absolute atomic E-state index is 6.28. The maximum Gasteiger partial charge on any atom is 0.209 e. The van der Waals surface area contributed by atoms with E-state index >= 15 is 0 Å². The monoisotopic (exact) mass is 365 g/mol. The van der Waals surface area contributed by atoms with E-state index in [9.17, 15) is 0 Å². The molecule has 0 unspecified atom stereocenters. The van der Waals surface area contributed by atoms with E-state index in [1.54, 1.807) is 0 Å². The molecule has 5 rings (SSSR count). The predicted octanol–water partition coefficient (Wildman–Crippen LogP) is 7.51. The summed E-state index contributed by atoms with van der Waals surface area (Å²) in [5, 5.41) is 3.71. The molecule has 0 bridgehead atoms. The lowest BCUT2D eigenvalue weighted by molar-refractivity contribution is 0.585. The number of fused-ring (bicyclic) bond motifs is 5. The van der Waals surface area contributed by atoms with Crippen molar-refractivity contribution in [1.82, 2.24) is 4.57 Å². The summed E-state index contributed by atoms with van der Waals surface area (Å²) >= 11 is 0. The van der Waals surface area contributed by atoms with E-state index in [4.69, 9.17) is 4.42 Å². The van der Waals surface area contributed by atoms with Gasteiger partial charge in [-0.15, -0.1) is 0 Å². The van der Waals surface area contributed by atoms with Gasteiger partial charge in [0, 0.05) is 17.3 Å². The van der Waals surface area contributed by atoms with Crippen LogP contribution in [0, 0.1) is 0 Å². The largest absolute Gasteiger partial charge is 0.439 e. The van der Waals surface area contributed by atoms with Crippen LogP contribution in [-0.2, 0) is 6.54 Å². The fourth-order valence-electron chi connectivity index (χ4n) is 3.97. The minimum Gasteiger partial charge on any atom is -0.439 e. The highest BCUT2D eigenvalue weighted by atomic mass is 16.3. The Morgan fingerprint density at radius 3 is 2.46 bits per heavy atom. The smallest absolute Gasteiger partial charge is 0.209 e. The molecule has 0 aliphatic carbocycles. The molecule has 0 atom stereocenters. The molecule has 0 aliphatic heterocycles. The van der Waals surface area contributed by atoms with E-state index in [1.807, 2.05) is 12.1 Å². The fourth-order valence-corrected chi connectivity index (χ4v) is 3.97. The van der Waals surface area contributed by atoms with Crippen molar-refractivity contribution in [2.45, 2.75) is 26.3 Å². The summed E-state index contributed by atoms with van der Waals surface area (Å²) in [6.07, 6.45) is 6.65. The average molecular weight is 365 g/mol. The molecule has 2 nitrogen and oxygen atoms in total. The summed E-state index contributed by atoms with van der Waals surface area (Å²) in [5.41, 5.74) is 5.63. The van der Waals surface area contributed by atoms with Gasteiger partial charge in [0.25, 0.3) is 0 Å². The predicted molar refractivity (Wildman–Crippen MR) is 119 cm³/mol. The Morgan fingerprint density at radius 1 is 0.821 bits per heavy atom. The highest BCUT2D eigenvalue weighted by Crippen LogP contribution is 2.37. The molecular formula is C26H23NO. The summed E-state index contributed by atoms with van der Waals surface area (Å²) in [4.78, 5) is 0. The molecule has 5 aromatic rings. The van der Waals surface area contributed by atoms with Crippen LogP contribution in [0.15, 0.2) is 77.2 Å². The van der Waals surface area contributed by atoms with Crippen LogP contribution in [-0.4, -0.2) is 4.57 Å². The first-order valence-corrected chi connectivity index (χ1v) is 10.0. The summed E-state index contributed by atoms with van der Waals surface area (Å²) in [7, 11) is 0. The molecule has 2 aromatic heterocycles. The third-order valence-corrected chi connectivity index (χ3v) is 5.41. The van der Waals surface area contributed by atoms with E-state index in [0.29, 0.717) is 0 Å². The molecule has 0 spiro atoms. The fraction of sp³-hybridized carbons (Fsp3) is 0.154. The van der Waals surface area contributed by atoms with Gasteiger partial charge in [-0.25, -0.2) is 0 Å². The Labute approximate surface area is 164 Å². The molecule has 28 heavy (non-hydrogen) atoms. The van der Waals surface area contributed by atoms with E-state index < -0.39 is 0 Å². The summed E-state index contributed by atoms with van der Waals surface area (Å²) in [6.45, 7) is 3.21. The van der Waals surface area contributed by atoms with Crippen molar-refractivity contribution in [2.75, 3.05) is 0 Å². The lowest BCUT2D eigenvalue weighted by atomic mass is 10.1. The number of nitrogens with zero attached hydrogens (tertiary/aromatic N) is 1. The lowest BCUT2D eigenvalue weighted by Crippen LogP contribution is -1.96. The number of furan rings is 1. The van der Waals surface area contributed by atoms with Crippen molar-refractivity contribution in [2.24, 2.45) is 0 Å². The summed E-state index contributed by atoms with van der Waals surface area (Å²) < 4.78 is 8.63. The van der Waals surface area contributed by atoms with E-state index in [0.717, 1.165) is 30.7 Å². The number of hydrogen-bond donors (Lipinski definition) is 0.